The Labute approximate surface area is 111 Å². The summed E-state index contributed by atoms with van der Waals surface area (Å²) in [6.45, 7) is 9.73. The number of likely N-dealkylation sites (tertiary alicyclic amines) is 1. The molecule has 1 heterocycles. The molecule has 0 atom stereocenters. The highest BCUT2D eigenvalue weighted by Crippen LogP contribution is 2.34. The summed E-state index contributed by atoms with van der Waals surface area (Å²) < 4.78 is 0. The molecule has 0 spiro atoms. The fraction of sp³-hybridized carbons (Fsp3) is 0.933. The maximum Gasteiger partial charge on any atom is 0.223 e. The van der Waals surface area contributed by atoms with Crippen LogP contribution in [0.5, 0.6) is 0 Å². The van der Waals surface area contributed by atoms with Gasteiger partial charge in [-0.1, -0.05) is 20.8 Å². The molecule has 1 N–H and O–H groups in total. The molecule has 1 aliphatic carbocycles. The number of piperidine rings is 1. The molecule has 0 unspecified atom stereocenters. The zero-order valence-corrected chi connectivity index (χ0v) is 12.2. The Kier molecular flexibility index (Phi) is 4.31. The number of nitrogens with zero attached hydrogens (tertiary/aromatic N) is 1. The minimum Gasteiger partial charge on any atom is -0.343 e. The van der Waals surface area contributed by atoms with Crippen LogP contribution in [0.1, 0.15) is 52.9 Å². The summed E-state index contributed by atoms with van der Waals surface area (Å²) in [5, 5.41) is 3.41. The van der Waals surface area contributed by atoms with Gasteiger partial charge in [0, 0.05) is 32.1 Å². The van der Waals surface area contributed by atoms with E-state index in [1.165, 1.54) is 25.7 Å². The molecule has 1 saturated carbocycles. The van der Waals surface area contributed by atoms with E-state index in [1.807, 2.05) is 0 Å². The van der Waals surface area contributed by atoms with E-state index in [0.29, 0.717) is 23.8 Å². The zero-order chi connectivity index (χ0) is 13.2. The molecule has 0 aromatic heterocycles. The second kappa shape index (κ2) is 5.60. The molecule has 2 rings (SSSR count). The van der Waals surface area contributed by atoms with E-state index in [-0.39, 0.29) is 0 Å². The second-order valence-corrected chi connectivity index (χ2v) is 7.00. The molecule has 0 bridgehead atoms. The van der Waals surface area contributed by atoms with Gasteiger partial charge in [-0.3, -0.25) is 4.79 Å². The molecule has 1 saturated heterocycles. The zero-order valence-electron chi connectivity index (χ0n) is 12.2. The van der Waals surface area contributed by atoms with Crippen LogP contribution in [0.4, 0.5) is 0 Å². The van der Waals surface area contributed by atoms with Crippen molar-refractivity contribution in [1.82, 2.24) is 10.2 Å². The smallest absolute Gasteiger partial charge is 0.223 e. The monoisotopic (exact) mass is 252 g/mol. The van der Waals surface area contributed by atoms with Gasteiger partial charge in [0.1, 0.15) is 0 Å². The van der Waals surface area contributed by atoms with Crippen molar-refractivity contribution in [2.45, 2.75) is 58.9 Å². The molecule has 3 nitrogen and oxygen atoms in total. The summed E-state index contributed by atoms with van der Waals surface area (Å²) in [4.78, 5) is 14.1. The van der Waals surface area contributed by atoms with Gasteiger partial charge in [-0.05, 0) is 37.0 Å². The minimum absolute atomic E-state index is 0.343. The van der Waals surface area contributed by atoms with Crippen LogP contribution < -0.4 is 5.32 Å². The van der Waals surface area contributed by atoms with Crippen LogP contribution in [0.25, 0.3) is 0 Å². The summed E-state index contributed by atoms with van der Waals surface area (Å²) in [5.74, 6) is 1.11. The van der Waals surface area contributed by atoms with Gasteiger partial charge in [0.2, 0.25) is 5.91 Å². The van der Waals surface area contributed by atoms with Gasteiger partial charge in [-0.25, -0.2) is 0 Å². The summed E-state index contributed by atoms with van der Waals surface area (Å²) in [6, 6.07) is 0.712. The summed E-state index contributed by atoms with van der Waals surface area (Å²) in [7, 11) is 0. The minimum atomic E-state index is 0.343. The van der Waals surface area contributed by atoms with Crippen molar-refractivity contribution >= 4 is 5.91 Å². The maximum absolute atomic E-state index is 12.0. The largest absolute Gasteiger partial charge is 0.343 e. The van der Waals surface area contributed by atoms with Crippen LogP contribution in [0.15, 0.2) is 0 Å². The van der Waals surface area contributed by atoms with Crippen molar-refractivity contribution in [1.29, 1.82) is 0 Å². The van der Waals surface area contributed by atoms with E-state index in [0.717, 1.165) is 25.6 Å². The van der Waals surface area contributed by atoms with E-state index < -0.39 is 0 Å². The number of carbonyl (C=O) groups is 1. The predicted molar refractivity (Wildman–Crippen MR) is 74.4 cm³/mol. The predicted octanol–water partition coefficient (Wildman–Crippen LogP) is 2.41. The normalized spacial score (nSPS) is 22.3. The standard InChI is InChI=1S/C15H28N2O/c1-15(2,3)12-7-10-17(11-8-12)14(18)6-9-16-13-4-5-13/h12-13,16H,4-11H2,1-3H3. The molecule has 0 aromatic rings. The van der Waals surface area contributed by atoms with Crippen LogP contribution in [0.3, 0.4) is 0 Å². The molecule has 0 aromatic carbocycles. The lowest BCUT2D eigenvalue weighted by atomic mass is 9.75. The van der Waals surface area contributed by atoms with Gasteiger partial charge in [-0.15, -0.1) is 0 Å². The number of carbonyl (C=O) groups excluding carboxylic acids is 1. The number of nitrogens with one attached hydrogen (secondary N) is 1. The van der Waals surface area contributed by atoms with Gasteiger partial charge in [0.15, 0.2) is 0 Å². The Hall–Kier alpha value is -0.570. The van der Waals surface area contributed by atoms with E-state index >= 15 is 0 Å². The molecule has 1 aliphatic heterocycles. The van der Waals surface area contributed by atoms with E-state index in [2.05, 4.69) is 31.0 Å². The molecular formula is C15H28N2O. The molecule has 3 heteroatoms. The lowest BCUT2D eigenvalue weighted by molar-refractivity contribution is -0.133. The fourth-order valence-electron chi connectivity index (χ4n) is 2.82. The second-order valence-electron chi connectivity index (χ2n) is 7.00. The van der Waals surface area contributed by atoms with Crippen molar-refractivity contribution in [2.24, 2.45) is 11.3 Å². The molecular weight excluding hydrogens is 224 g/mol. The molecule has 1 amide bonds. The Morgan fingerprint density at radius 1 is 1.17 bits per heavy atom. The van der Waals surface area contributed by atoms with Crippen LogP contribution in [-0.2, 0) is 4.79 Å². The number of hydrogen-bond donors (Lipinski definition) is 1. The first kappa shape index (κ1) is 13.9. The Bertz CT molecular complexity index is 283. The van der Waals surface area contributed by atoms with Crippen molar-refractivity contribution < 1.29 is 4.79 Å². The SMILES string of the molecule is CC(C)(C)C1CCN(C(=O)CCNC2CC2)CC1. The molecule has 0 radical (unpaired) electrons. The molecule has 2 fully saturated rings. The van der Waals surface area contributed by atoms with Crippen LogP contribution >= 0.6 is 0 Å². The van der Waals surface area contributed by atoms with Gasteiger partial charge in [0.25, 0.3) is 0 Å². The first-order chi connectivity index (χ1) is 8.47. The average Bonchev–Trinajstić information content (AvgIpc) is 3.12. The van der Waals surface area contributed by atoms with E-state index in [9.17, 15) is 4.79 Å². The van der Waals surface area contributed by atoms with Gasteiger partial charge >= 0.3 is 0 Å². The van der Waals surface area contributed by atoms with Crippen molar-refractivity contribution in [2.75, 3.05) is 19.6 Å². The Morgan fingerprint density at radius 3 is 2.28 bits per heavy atom. The lowest BCUT2D eigenvalue weighted by Crippen LogP contribution is -2.42. The molecule has 18 heavy (non-hydrogen) atoms. The van der Waals surface area contributed by atoms with E-state index in [1.54, 1.807) is 0 Å². The van der Waals surface area contributed by atoms with Crippen molar-refractivity contribution in [3.05, 3.63) is 0 Å². The first-order valence-electron chi connectivity index (χ1n) is 7.48. The highest BCUT2D eigenvalue weighted by atomic mass is 16.2. The number of hydrogen-bond acceptors (Lipinski definition) is 2. The van der Waals surface area contributed by atoms with Gasteiger partial charge in [-0.2, -0.15) is 0 Å². The summed E-state index contributed by atoms with van der Waals surface area (Å²) >= 11 is 0. The third-order valence-corrected chi connectivity index (χ3v) is 4.42. The van der Waals surface area contributed by atoms with E-state index in [4.69, 9.17) is 0 Å². The highest BCUT2D eigenvalue weighted by molar-refractivity contribution is 5.76. The highest BCUT2D eigenvalue weighted by Gasteiger charge is 2.30. The summed E-state index contributed by atoms with van der Waals surface area (Å²) in [6.07, 6.45) is 5.61. The number of rotatable bonds is 4. The third kappa shape index (κ3) is 3.98. The first-order valence-corrected chi connectivity index (χ1v) is 7.48. The Morgan fingerprint density at radius 2 is 1.78 bits per heavy atom. The van der Waals surface area contributed by atoms with Gasteiger partial charge < -0.3 is 10.2 Å². The topological polar surface area (TPSA) is 32.3 Å². The van der Waals surface area contributed by atoms with Gasteiger partial charge in [0.05, 0.1) is 0 Å². The fourth-order valence-corrected chi connectivity index (χ4v) is 2.82. The van der Waals surface area contributed by atoms with Crippen molar-refractivity contribution in [3.8, 4) is 0 Å². The number of amides is 1. The quantitative estimate of drug-likeness (QED) is 0.833. The Balaban J connectivity index is 1.66. The van der Waals surface area contributed by atoms with Crippen LogP contribution in [-0.4, -0.2) is 36.5 Å². The van der Waals surface area contributed by atoms with Crippen LogP contribution in [0, 0.1) is 11.3 Å². The summed E-state index contributed by atoms with van der Waals surface area (Å²) in [5.41, 5.74) is 0.392. The molecule has 2 aliphatic rings. The molecule has 104 valence electrons. The average molecular weight is 252 g/mol. The van der Waals surface area contributed by atoms with Crippen molar-refractivity contribution in [3.63, 3.8) is 0 Å². The van der Waals surface area contributed by atoms with Crippen LogP contribution in [0.2, 0.25) is 0 Å². The lowest BCUT2D eigenvalue weighted by Gasteiger charge is -2.38. The maximum atomic E-state index is 12.0. The third-order valence-electron chi connectivity index (χ3n) is 4.42.